The number of rotatable bonds is 4. The fraction of sp³-hybridized carbons (Fsp3) is 0.143. The summed E-state index contributed by atoms with van der Waals surface area (Å²) in [5.41, 5.74) is 1.02. The van der Waals surface area contributed by atoms with Crippen LogP contribution in [0.3, 0.4) is 0 Å². The fourth-order valence-electron chi connectivity index (χ4n) is 1.75. The molecule has 0 atom stereocenters. The Morgan fingerprint density at radius 3 is 2.81 bits per heavy atom. The average molecular weight is 371 g/mol. The molecule has 0 unspecified atom stereocenters. The first-order valence-corrected chi connectivity index (χ1v) is 7.20. The Balaban J connectivity index is 2.28. The molecule has 0 radical (unpaired) electrons. The summed E-state index contributed by atoms with van der Waals surface area (Å²) < 4.78 is 5.84. The number of pyridine rings is 1. The van der Waals surface area contributed by atoms with Crippen LogP contribution in [-0.2, 0) is 0 Å². The van der Waals surface area contributed by atoms with Crippen LogP contribution in [0.5, 0.6) is 5.75 Å². The van der Waals surface area contributed by atoms with E-state index in [-0.39, 0.29) is 5.91 Å². The zero-order valence-electron chi connectivity index (χ0n) is 11.4. The predicted molar refractivity (Wildman–Crippen MR) is 87.4 cm³/mol. The van der Waals surface area contributed by atoms with E-state index in [1.807, 2.05) is 0 Å². The van der Waals surface area contributed by atoms with Gasteiger partial charge >= 0.3 is 0 Å². The van der Waals surface area contributed by atoms with Crippen LogP contribution >= 0.6 is 27.5 Å². The summed E-state index contributed by atoms with van der Waals surface area (Å²) in [6.07, 6.45) is 1.62. The molecule has 0 bridgehead atoms. The molecule has 0 aliphatic rings. The van der Waals surface area contributed by atoms with Gasteiger partial charge in [-0.05, 0) is 34.1 Å². The first kappa shape index (κ1) is 15.6. The average Bonchev–Trinajstić information content (AvgIpc) is 2.49. The van der Waals surface area contributed by atoms with Crippen LogP contribution in [0.2, 0.25) is 5.02 Å². The Bertz CT molecular complexity index is 679. The predicted octanol–water partition coefficient (Wildman–Crippen LogP) is 3.80. The van der Waals surface area contributed by atoms with Gasteiger partial charge in [0.05, 0.1) is 17.7 Å². The number of aromatic nitrogens is 1. The molecule has 5 nitrogen and oxygen atoms in total. The van der Waals surface area contributed by atoms with Crippen LogP contribution in [0.1, 0.15) is 10.4 Å². The van der Waals surface area contributed by atoms with Gasteiger partial charge < -0.3 is 15.4 Å². The van der Waals surface area contributed by atoms with Gasteiger partial charge in [0.2, 0.25) is 0 Å². The molecule has 2 rings (SSSR count). The minimum absolute atomic E-state index is 0.280. The number of nitrogens with one attached hydrogen (secondary N) is 2. The highest BCUT2D eigenvalue weighted by Crippen LogP contribution is 2.28. The number of ether oxygens (including phenoxy) is 1. The van der Waals surface area contributed by atoms with Crippen LogP contribution in [0.25, 0.3) is 0 Å². The molecule has 0 saturated carbocycles. The van der Waals surface area contributed by atoms with Gasteiger partial charge in [-0.15, -0.1) is 0 Å². The van der Waals surface area contributed by atoms with E-state index in [2.05, 4.69) is 31.5 Å². The first-order chi connectivity index (χ1) is 10.0. The smallest absolute Gasteiger partial charge is 0.259 e. The van der Waals surface area contributed by atoms with Crippen molar-refractivity contribution >= 4 is 44.9 Å². The zero-order chi connectivity index (χ0) is 15.4. The lowest BCUT2D eigenvalue weighted by molar-refractivity contribution is 0.102. The Morgan fingerprint density at radius 1 is 1.38 bits per heavy atom. The van der Waals surface area contributed by atoms with Gasteiger partial charge in [0.15, 0.2) is 0 Å². The molecule has 21 heavy (non-hydrogen) atoms. The number of benzene rings is 1. The van der Waals surface area contributed by atoms with E-state index in [4.69, 9.17) is 16.3 Å². The number of carbonyl (C=O) groups excluding carboxylic acids is 1. The number of nitrogens with zero attached hydrogens (tertiary/aromatic N) is 1. The van der Waals surface area contributed by atoms with Crippen molar-refractivity contribution in [3.63, 3.8) is 0 Å². The molecule has 0 aliphatic carbocycles. The fourth-order valence-corrected chi connectivity index (χ4v) is 2.27. The monoisotopic (exact) mass is 369 g/mol. The molecule has 7 heteroatoms. The van der Waals surface area contributed by atoms with Crippen LogP contribution in [0, 0.1) is 0 Å². The lowest BCUT2D eigenvalue weighted by Gasteiger charge is -2.11. The third kappa shape index (κ3) is 3.65. The largest absolute Gasteiger partial charge is 0.495 e. The molecule has 1 heterocycles. The van der Waals surface area contributed by atoms with Crippen LogP contribution in [0.15, 0.2) is 34.9 Å². The van der Waals surface area contributed by atoms with Crippen molar-refractivity contribution in [2.75, 3.05) is 24.8 Å². The highest BCUT2D eigenvalue weighted by Gasteiger charge is 2.13. The Labute approximate surface area is 135 Å². The van der Waals surface area contributed by atoms with Gasteiger partial charge in [0.1, 0.15) is 11.6 Å². The highest BCUT2D eigenvalue weighted by atomic mass is 79.9. The molecule has 110 valence electrons. The molecule has 0 fully saturated rings. The number of carbonyl (C=O) groups is 1. The zero-order valence-corrected chi connectivity index (χ0v) is 13.7. The van der Waals surface area contributed by atoms with Crippen LogP contribution in [0.4, 0.5) is 11.5 Å². The van der Waals surface area contributed by atoms with Gasteiger partial charge in [-0.25, -0.2) is 4.98 Å². The van der Waals surface area contributed by atoms with Gasteiger partial charge in [0.25, 0.3) is 5.91 Å². The Morgan fingerprint density at radius 2 is 2.14 bits per heavy atom. The van der Waals surface area contributed by atoms with Crippen molar-refractivity contribution in [1.29, 1.82) is 0 Å². The van der Waals surface area contributed by atoms with Crippen molar-refractivity contribution in [3.8, 4) is 5.75 Å². The highest BCUT2D eigenvalue weighted by molar-refractivity contribution is 9.10. The number of halogens is 2. The maximum absolute atomic E-state index is 12.3. The van der Waals surface area contributed by atoms with Crippen molar-refractivity contribution < 1.29 is 9.53 Å². The quantitative estimate of drug-likeness (QED) is 0.859. The van der Waals surface area contributed by atoms with Gasteiger partial charge in [-0.2, -0.15) is 0 Å². The Hall–Kier alpha value is -1.79. The summed E-state index contributed by atoms with van der Waals surface area (Å²) in [5.74, 6) is 0.713. The molecular formula is C14H13BrClN3O2. The van der Waals surface area contributed by atoms with E-state index in [0.29, 0.717) is 27.8 Å². The summed E-state index contributed by atoms with van der Waals surface area (Å²) >= 11 is 9.26. The normalized spacial score (nSPS) is 10.1. The number of anilines is 2. The molecule has 1 amide bonds. The summed E-state index contributed by atoms with van der Waals surface area (Å²) in [6.45, 7) is 0. The van der Waals surface area contributed by atoms with E-state index in [1.54, 1.807) is 37.5 Å². The number of hydrogen-bond acceptors (Lipinski definition) is 4. The third-order valence-corrected chi connectivity index (χ3v) is 3.49. The molecule has 0 saturated heterocycles. The lowest BCUT2D eigenvalue weighted by atomic mass is 10.2. The minimum atomic E-state index is -0.280. The van der Waals surface area contributed by atoms with Crippen LogP contribution in [-0.4, -0.2) is 25.0 Å². The molecule has 1 aromatic carbocycles. The van der Waals surface area contributed by atoms with Crippen LogP contribution < -0.4 is 15.4 Å². The molecule has 0 aliphatic heterocycles. The van der Waals surface area contributed by atoms with Gasteiger partial charge in [-0.3, -0.25) is 4.79 Å². The van der Waals surface area contributed by atoms with Crippen molar-refractivity contribution in [3.05, 3.63) is 45.5 Å². The van der Waals surface area contributed by atoms with E-state index in [1.165, 1.54) is 7.11 Å². The standard InChI is InChI=1S/C14H13BrClN3O2/c1-17-13-10(5-8(15)7-18-13)14(20)19-9-3-4-11(16)12(6-9)21-2/h3-7H,1-2H3,(H,17,18)(H,19,20). The summed E-state index contributed by atoms with van der Waals surface area (Å²) in [5, 5.41) is 6.15. The number of methoxy groups -OCH3 is 1. The van der Waals surface area contributed by atoms with Gasteiger partial charge in [-0.1, -0.05) is 11.6 Å². The summed E-state index contributed by atoms with van der Waals surface area (Å²) in [6, 6.07) is 6.72. The van der Waals surface area contributed by atoms with Crippen molar-refractivity contribution in [2.45, 2.75) is 0 Å². The maximum atomic E-state index is 12.3. The van der Waals surface area contributed by atoms with E-state index in [9.17, 15) is 4.79 Å². The number of hydrogen-bond donors (Lipinski definition) is 2. The van der Waals surface area contributed by atoms with Gasteiger partial charge in [0, 0.05) is 29.5 Å². The minimum Gasteiger partial charge on any atom is -0.495 e. The maximum Gasteiger partial charge on any atom is 0.259 e. The second-order valence-corrected chi connectivity index (χ2v) is 5.43. The molecule has 2 N–H and O–H groups in total. The first-order valence-electron chi connectivity index (χ1n) is 6.03. The van der Waals surface area contributed by atoms with Crippen molar-refractivity contribution in [1.82, 2.24) is 4.98 Å². The number of amides is 1. The second kappa shape index (κ2) is 6.78. The summed E-state index contributed by atoms with van der Waals surface area (Å²) in [4.78, 5) is 16.5. The van der Waals surface area contributed by atoms with E-state index < -0.39 is 0 Å². The van der Waals surface area contributed by atoms with E-state index >= 15 is 0 Å². The second-order valence-electron chi connectivity index (χ2n) is 4.10. The van der Waals surface area contributed by atoms with E-state index in [0.717, 1.165) is 4.47 Å². The SMILES string of the molecule is CNc1ncc(Br)cc1C(=O)Nc1ccc(Cl)c(OC)c1. The molecular weight excluding hydrogens is 358 g/mol. The summed E-state index contributed by atoms with van der Waals surface area (Å²) in [7, 11) is 3.22. The topological polar surface area (TPSA) is 63.2 Å². The Kier molecular flexibility index (Phi) is 5.03. The third-order valence-electron chi connectivity index (χ3n) is 2.74. The molecule has 2 aromatic rings. The lowest BCUT2D eigenvalue weighted by Crippen LogP contribution is -2.15. The molecule has 1 aromatic heterocycles. The molecule has 0 spiro atoms. The van der Waals surface area contributed by atoms with Crippen molar-refractivity contribution in [2.24, 2.45) is 0 Å².